The molecule has 0 aliphatic rings. The molecular formula is C13H22N2O2S2. The van der Waals surface area contributed by atoms with Crippen molar-refractivity contribution in [1.29, 1.82) is 0 Å². The number of sulfonamides is 1. The predicted octanol–water partition coefficient (Wildman–Crippen LogP) is 1.78. The molecule has 0 aliphatic carbocycles. The maximum atomic E-state index is 12.4. The monoisotopic (exact) mass is 302 g/mol. The molecule has 0 saturated heterocycles. The van der Waals surface area contributed by atoms with Crippen molar-refractivity contribution in [1.82, 2.24) is 9.62 Å². The van der Waals surface area contributed by atoms with Gasteiger partial charge in [-0.15, -0.1) is 0 Å². The second kappa shape index (κ2) is 7.89. The zero-order valence-electron chi connectivity index (χ0n) is 11.7. The van der Waals surface area contributed by atoms with Gasteiger partial charge < -0.3 is 5.32 Å². The lowest BCUT2D eigenvalue weighted by molar-refractivity contribution is 0.488. The van der Waals surface area contributed by atoms with Crippen molar-refractivity contribution in [2.24, 2.45) is 0 Å². The largest absolute Gasteiger partial charge is 0.313 e. The average molecular weight is 302 g/mol. The van der Waals surface area contributed by atoms with Crippen LogP contribution in [0, 0.1) is 0 Å². The molecule has 0 fully saturated rings. The number of nitrogens with zero attached hydrogens (tertiary/aromatic N) is 1. The van der Waals surface area contributed by atoms with Crippen LogP contribution in [0.3, 0.4) is 0 Å². The van der Waals surface area contributed by atoms with Gasteiger partial charge in [0.25, 0.3) is 0 Å². The Morgan fingerprint density at radius 3 is 2.74 bits per heavy atom. The minimum atomic E-state index is -3.37. The fraction of sp³-hybridized carbons (Fsp3) is 0.538. The zero-order chi connectivity index (χ0) is 14.3. The summed E-state index contributed by atoms with van der Waals surface area (Å²) in [7, 11) is -1.74. The highest BCUT2D eigenvalue weighted by Crippen LogP contribution is 2.16. The lowest BCUT2D eigenvalue weighted by Gasteiger charge is -2.17. The highest BCUT2D eigenvalue weighted by atomic mass is 32.2. The molecule has 1 rings (SSSR count). The van der Waals surface area contributed by atoms with Crippen molar-refractivity contribution in [3.05, 3.63) is 29.8 Å². The van der Waals surface area contributed by atoms with Gasteiger partial charge in [0.2, 0.25) is 10.0 Å². The Bertz CT molecular complexity index is 489. The number of hydrogen-bond donors (Lipinski definition) is 1. The van der Waals surface area contributed by atoms with E-state index >= 15 is 0 Å². The molecule has 0 bridgehead atoms. The number of thioether (sulfide) groups is 1. The van der Waals surface area contributed by atoms with Gasteiger partial charge in [-0.1, -0.05) is 19.1 Å². The molecule has 1 aromatic carbocycles. The van der Waals surface area contributed by atoms with Gasteiger partial charge in [-0.05, 0) is 30.5 Å². The summed E-state index contributed by atoms with van der Waals surface area (Å²) in [5, 5.41) is 3.19. The summed E-state index contributed by atoms with van der Waals surface area (Å²) in [6.07, 6.45) is 1.97. The summed E-state index contributed by atoms with van der Waals surface area (Å²) >= 11 is 1.64. The number of nitrogens with one attached hydrogen (secondary N) is 1. The topological polar surface area (TPSA) is 49.4 Å². The molecule has 0 aliphatic heterocycles. The third-order valence-electron chi connectivity index (χ3n) is 2.80. The van der Waals surface area contributed by atoms with Gasteiger partial charge in [-0.2, -0.15) is 11.8 Å². The molecule has 0 unspecified atom stereocenters. The minimum Gasteiger partial charge on any atom is -0.313 e. The van der Waals surface area contributed by atoms with E-state index in [1.807, 2.05) is 19.2 Å². The summed E-state index contributed by atoms with van der Waals surface area (Å²) in [4.78, 5) is 0.367. The molecule has 0 aromatic heterocycles. The van der Waals surface area contributed by atoms with Crippen LogP contribution in [-0.2, 0) is 16.6 Å². The zero-order valence-corrected chi connectivity index (χ0v) is 13.4. The third-order valence-corrected chi connectivity index (χ3v) is 5.24. The van der Waals surface area contributed by atoms with Gasteiger partial charge in [0.1, 0.15) is 0 Å². The molecule has 4 nitrogen and oxygen atoms in total. The molecule has 0 spiro atoms. The van der Waals surface area contributed by atoms with Crippen molar-refractivity contribution >= 4 is 21.8 Å². The highest BCUT2D eigenvalue weighted by Gasteiger charge is 2.20. The fourth-order valence-electron chi connectivity index (χ4n) is 1.61. The van der Waals surface area contributed by atoms with E-state index in [4.69, 9.17) is 0 Å². The van der Waals surface area contributed by atoms with E-state index in [-0.39, 0.29) is 0 Å². The van der Waals surface area contributed by atoms with Crippen LogP contribution in [-0.4, -0.2) is 44.9 Å². The molecule has 1 aromatic rings. The molecule has 6 heteroatoms. The van der Waals surface area contributed by atoms with Crippen LogP contribution >= 0.6 is 11.8 Å². The molecule has 108 valence electrons. The van der Waals surface area contributed by atoms with Crippen molar-refractivity contribution < 1.29 is 8.42 Å². The van der Waals surface area contributed by atoms with E-state index < -0.39 is 10.0 Å². The second-order valence-corrected chi connectivity index (χ2v) is 7.28. The third kappa shape index (κ3) is 4.80. The first kappa shape index (κ1) is 16.5. The Morgan fingerprint density at radius 1 is 1.37 bits per heavy atom. The van der Waals surface area contributed by atoms with Crippen molar-refractivity contribution in [3.63, 3.8) is 0 Å². The predicted molar refractivity (Wildman–Crippen MR) is 82.0 cm³/mol. The van der Waals surface area contributed by atoms with Crippen LogP contribution in [0.15, 0.2) is 29.2 Å². The van der Waals surface area contributed by atoms with E-state index in [0.29, 0.717) is 18.0 Å². The maximum absolute atomic E-state index is 12.4. The van der Waals surface area contributed by atoms with Gasteiger partial charge in [0, 0.05) is 25.9 Å². The molecule has 0 atom stereocenters. The first-order valence-corrected chi connectivity index (χ1v) is 9.10. The normalized spacial score (nSPS) is 12.0. The first-order chi connectivity index (χ1) is 9.02. The first-order valence-electron chi connectivity index (χ1n) is 6.27. The van der Waals surface area contributed by atoms with Crippen molar-refractivity contribution in [2.75, 3.05) is 32.1 Å². The Kier molecular flexibility index (Phi) is 6.85. The second-order valence-electron chi connectivity index (χ2n) is 4.25. The van der Waals surface area contributed by atoms with Crippen LogP contribution in [0.4, 0.5) is 0 Å². The quantitative estimate of drug-likeness (QED) is 0.795. The van der Waals surface area contributed by atoms with Crippen LogP contribution in [0.1, 0.15) is 12.5 Å². The van der Waals surface area contributed by atoms with Crippen LogP contribution in [0.25, 0.3) is 0 Å². The Labute approximate surface area is 120 Å². The van der Waals surface area contributed by atoms with Crippen molar-refractivity contribution in [3.8, 4) is 0 Å². The Morgan fingerprint density at radius 2 is 2.11 bits per heavy atom. The molecule has 0 amide bonds. The Hall–Kier alpha value is -0.560. The molecule has 19 heavy (non-hydrogen) atoms. The van der Waals surface area contributed by atoms with Gasteiger partial charge in [0.15, 0.2) is 0 Å². The van der Waals surface area contributed by atoms with Gasteiger partial charge >= 0.3 is 0 Å². The summed E-state index contributed by atoms with van der Waals surface area (Å²) in [5.41, 5.74) is 0.987. The molecular weight excluding hydrogens is 280 g/mol. The van der Waals surface area contributed by atoms with Gasteiger partial charge in [-0.3, -0.25) is 0 Å². The molecule has 0 saturated carbocycles. The van der Waals surface area contributed by atoms with E-state index in [0.717, 1.165) is 17.9 Å². The van der Waals surface area contributed by atoms with Crippen LogP contribution in [0.2, 0.25) is 0 Å². The van der Waals surface area contributed by atoms with E-state index in [9.17, 15) is 8.42 Å². The lowest BCUT2D eigenvalue weighted by atomic mass is 10.2. The van der Waals surface area contributed by atoms with E-state index in [2.05, 4.69) is 5.32 Å². The van der Waals surface area contributed by atoms with E-state index in [1.54, 1.807) is 37.0 Å². The number of hydrogen-bond acceptors (Lipinski definition) is 4. The summed E-state index contributed by atoms with van der Waals surface area (Å²) < 4.78 is 26.1. The van der Waals surface area contributed by atoms with E-state index in [1.165, 1.54) is 4.31 Å². The maximum Gasteiger partial charge on any atom is 0.242 e. The highest BCUT2D eigenvalue weighted by molar-refractivity contribution is 7.98. The standard InChI is InChI=1S/C13H22N2O2S2/c1-4-14-11-12-6-5-7-13(10-12)19(16,17)15(2)8-9-18-3/h5-7,10,14H,4,8-9,11H2,1-3H3. The smallest absolute Gasteiger partial charge is 0.242 e. The van der Waals surface area contributed by atoms with Crippen LogP contribution < -0.4 is 5.32 Å². The van der Waals surface area contributed by atoms with Gasteiger partial charge in [0.05, 0.1) is 4.90 Å². The summed E-state index contributed by atoms with van der Waals surface area (Å²) in [6, 6.07) is 7.12. The molecule has 0 heterocycles. The fourth-order valence-corrected chi connectivity index (χ4v) is 3.42. The molecule has 1 N–H and O–H groups in total. The Balaban J connectivity index is 2.88. The lowest BCUT2D eigenvalue weighted by Crippen LogP contribution is -2.29. The summed E-state index contributed by atoms with van der Waals surface area (Å²) in [6.45, 7) is 4.11. The average Bonchev–Trinajstić information content (AvgIpc) is 2.42. The molecule has 0 radical (unpaired) electrons. The van der Waals surface area contributed by atoms with Gasteiger partial charge in [-0.25, -0.2) is 12.7 Å². The van der Waals surface area contributed by atoms with Crippen molar-refractivity contribution in [2.45, 2.75) is 18.4 Å². The SMILES string of the molecule is CCNCc1cccc(S(=O)(=O)N(C)CCSC)c1. The minimum absolute atomic E-state index is 0.367. The summed E-state index contributed by atoms with van der Waals surface area (Å²) in [5.74, 6) is 0.798. The number of benzene rings is 1. The number of rotatable bonds is 8. The van der Waals surface area contributed by atoms with Crippen LogP contribution in [0.5, 0.6) is 0 Å².